The van der Waals surface area contributed by atoms with E-state index in [4.69, 9.17) is 0 Å². The van der Waals surface area contributed by atoms with E-state index >= 15 is 0 Å². The fraction of sp³-hybridized carbons (Fsp3) is 0.250. The molecule has 0 radical (unpaired) electrons. The van der Waals surface area contributed by atoms with Crippen molar-refractivity contribution < 1.29 is 4.79 Å². The lowest BCUT2D eigenvalue weighted by Crippen LogP contribution is -1.83. The van der Waals surface area contributed by atoms with Crippen molar-refractivity contribution >= 4 is 35.6 Å². The summed E-state index contributed by atoms with van der Waals surface area (Å²) in [7, 11) is 0. The van der Waals surface area contributed by atoms with E-state index in [9.17, 15) is 4.79 Å². The van der Waals surface area contributed by atoms with E-state index in [2.05, 4.69) is 18.7 Å². The molecule has 0 saturated carbocycles. The second-order valence-corrected chi connectivity index (χ2v) is 4.84. The molecule has 1 aromatic carbocycles. The Hall–Kier alpha value is -0.670. The summed E-state index contributed by atoms with van der Waals surface area (Å²) in [6.45, 7) is 1.59. The normalized spacial score (nSPS) is 10.8. The van der Waals surface area contributed by atoms with Gasteiger partial charge in [0.2, 0.25) is 0 Å². The molecule has 0 spiro atoms. The van der Waals surface area contributed by atoms with Crippen molar-refractivity contribution in [3.63, 3.8) is 0 Å². The number of benzene rings is 1. The summed E-state index contributed by atoms with van der Waals surface area (Å²) < 4.78 is 0. The zero-order valence-electron chi connectivity index (χ0n) is 8.64. The number of thioether (sulfide) groups is 1. The molecule has 0 heterocycles. The molecule has 0 aromatic heterocycles. The molecule has 0 aliphatic rings. The van der Waals surface area contributed by atoms with Crippen molar-refractivity contribution in [2.45, 2.75) is 18.2 Å². The molecule has 0 atom stereocenters. The van der Waals surface area contributed by atoms with Crippen LogP contribution in [0.1, 0.15) is 18.9 Å². The topological polar surface area (TPSA) is 17.1 Å². The molecular formula is C12H14OS2. The third-order valence-corrected chi connectivity index (χ3v) is 3.08. The first kappa shape index (κ1) is 12.4. The van der Waals surface area contributed by atoms with Gasteiger partial charge in [0, 0.05) is 17.6 Å². The van der Waals surface area contributed by atoms with E-state index in [0.717, 1.165) is 22.6 Å². The van der Waals surface area contributed by atoms with Crippen LogP contribution in [0.2, 0.25) is 0 Å². The van der Waals surface area contributed by atoms with Crippen LogP contribution in [-0.2, 0) is 4.79 Å². The summed E-state index contributed by atoms with van der Waals surface area (Å²) in [4.78, 5) is 11.6. The molecule has 15 heavy (non-hydrogen) atoms. The third-order valence-electron chi connectivity index (χ3n) is 1.82. The van der Waals surface area contributed by atoms with E-state index < -0.39 is 0 Å². The Morgan fingerprint density at radius 1 is 1.47 bits per heavy atom. The average molecular weight is 238 g/mol. The van der Waals surface area contributed by atoms with Crippen LogP contribution >= 0.6 is 24.4 Å². The maximum absolute atomic E-state index is 10.7. The average Bonchev–Trinajstić information content (AvgIpc) is 2.20. The minimum Gasteiger partial charge on any atom is -0.288 e. The Bertz CT molecular complexity index is 358. The maximum atomic E-state index is 10.7. The molecule has 1 nitrogen and oxygen atoms in total. The number of allylic oxidation sites excluding steroid dienone is 1. The van der Waals surface area contributed by atoms with Gasteiger partial charge < -0.3 is 0 Å². The molecule has 0 unspecified atom stereocenters. The zero-order chi connectivity index (χ0) is 11.1. The lowest BCUT2D eigenvalue weighted by molar-refractivity contribution is -0.109. The number of carbonyl (C=O) groups is 1. The summed E-state index contributed by atoms with van der Waals surface area (Å²) >= 11 is 5.71. The van der Waals surface area contributed by atoms with E-state index in [1.807, 2.05) is 30.3 Å². The molecule has 0 fully saturated rings. The molecule has 1 rings (SSSR count). The lowest BCUT2D eigenvalue weighted by atomic mass is 10.2. The Kier molecular flexibility index (Phi) is 5.58. The number of hydrogen-bond acceptors (Lipinski definition) is 3. The van der Waals surface area contributed by atoms with E-state index in [0.29, 0.717) is 0 Å². The molecule has 1 aromatic rings. The Labute approximate surface area is 100 Å². The van der Waals surface area contributed by atoms with Crippen LogP contribution in [0.4, 0.5) is 0 Å². The van der Waals surface area contributed by atoms with Gasteiger partial charge in [-0.15, -0.1) is 12.6 Å². The minimum absolute atomic E-state index is 0.179. The van der Waals surface area contributed by atoms with Gasteiger partial charge in [0.1, 0.15) is 0 Å². The highest BCUT2D eigenvalue weighted by molar-refractivity contribution is 8.13. The molecule has 0 saturated heterocycles. The largest absolute Gasteiger partial charge is 0.288 e. The summed E-state index contributed by atoms with van der Waals surface area (Å²) in [5.74, 6) is 0.848. The van der Waals surface area contributed by atoms with Gasteiger partial charge >= 0.3 is 0 Å². The van der Waals surface area contributed by atoms with Gasteiger partial charge in [0.15, 0.2) is 5.12 Å². The van der Waals surface area contributed by atoms with Gasteiger partial charge in [-0.1, -0.05) is 42.1 Å². The first-order valence-corrected chi connectivity index (χ1v) is 6.21. The zero-order valence-corrected chi connectivity index (χ0v) is 10.4. The molecular weight excluding hydrogens is 224 g/mol. The first-order chi connectivity index (χ1) is 7.20. The molecule has 0 bridgehead atoms. The summed E-state index contributed by atoms with van der Waals surface area (Å²) in [5, 5.41) is 0.179. The van der Waals surface area contributed by atoms with Crippen LogP contribution in [0, 0.1) is 0 Å². The number of thiol groups is 1. The number of carbonyl (C=O) groups excluding carboxylic acids is 1. The van der Waals surface area contributed by atoms with Crippen molar-refractivity contribution in [1.82, 2.24) is 0 Å². The maximum Gasteiger partial charge on any atom is 0.185 e. The van der Waals surface area contributed by atoms with Gasteiger partial charge in [-0.25, -0.2) is 0 Å². The quantitative estimate of drug-likeness (QED) is 0.637. The van der Waals surface area contributed by atoms with Gasteiger partial charge in [0.25, 0.3) is 0 Å². The van der Waals surface area contributed by atoms with Crippen LogP contribution < -0.4 is 0 Å². The fourth-order valence-electron chi connectivity index (χ4n) is 1.11. The standard InChI is InChI=1S/C12H14OS2/c1-10(13)15-9-5-4-7-11-6-2-3-8-12(11)14/h2-4,6-8,14H,5,9H2,1H3. The molecule has 0 N–H and O–H groups in total. The van der Waals surface area contributed by atoms with Crippen molar-refractivity contribution in [3.05, 3.63) is 35.9 Å². The number of rotatable bonds is 4. The van der Waals surface area contributed by atoms with Crippen molar-refractivity contribution in [3.8, 4) is 0 Å². The summed E-state index contributed by atoms with van der Waals surface area (Å²) in [6, 6.07) is 7.94. The van der Waals surface area contributed by atoms with Crippen molar-refractivity contribution in [2.75, 3.05) is 5.75 Å². The highest BCUT2D eigenvalue weighted by Gasteiger charge is 1.93. The third kappa shape index (κ3) is 5.09. The highest BCUT2D eigenvalue weighted by Crippen LogP contribution is 2.15. The van der Waals surface area contributed by atoms with Crippen LogP contribution in [0.5, 0.6) is 0 Å². The predicted octanol–water partition coefficient (Wildman–Crippen LogP) is 3.66. The van der Waals surface area contributed by atoms with Crippen LogP contribution in [-0.4, -0.2) is 10.9 Å². The van der Waals surface area contributed by atoms with Gasteiger partial charge in [-0.3, -0.25) is 4.79 Å². The lowest BCUT2D eigenvalue weighted by Gasteiger charge is -1.97. The minimum atomic E-state index is 0.179. The van der Waals surface area contributed by atoms with Crippen LogP contribution in [0.3, 0.4) is 0 Å². The van der Waals surface area contributed by atoms with Gasteiger partial charge in [-0.05, 0) is 18.1 Å². The second-order valence-electron chi connectivity index (χ2n) is 3.09. The van der Waals surface area contributed by atoms with Crippen LogP contribution in [0.15, 0.2) is 35.2 Å². The Morgan fingerprint density at radius 3 is 2.87 bits per heavy atom. The van der Waals surface area contributed by atoms with Crippen LogP contribution in [0.25, 0.3) is 6.08 Å². The monoisotopic (exact) mass is 238 g/mol. The molecule has 0 aliphatic carbocycles. The molecule has 80 valence electrons. The number of hydrogen-bond donors (Lipinski definition) is 1. The Balaban J connectivity index is 2.38. The smallest absolute Gasteiger partial charge is 0.185 e. The first-order valence-electron chi connectivity index (χ1n) is 4.78. The highest BCUT2D eigenvalue weighted by atomic mass is 32.2. The molecule has 0 aliphatic heterocycles. The van der Waals surface area contributed by atoms with Gasteiger partial charge in [0.05, 0.1) is 0 Å². The summed E-state index contributed by atoms with van der Waals surface area (Å²) in [5.41, 5.74) is 1.12. The SMILES string of the molecule is CC(=O)SCCC=Cc1ccccc1S. The fourth-order valence-corrected chi connectivity index (χ4v) is 1.89. The van der Waals surface area contributed by atoms with Crippen molar-refractivity contribution in [2.24, 2.45) is 0 Å². The van der Waals surface area contributed by atoms with E-state index in [-0.39, 0.29) is 5.12 Å². The van der Waals surface area contributed by atoms with Crippen molar-refractivity contribution in [1.29, 1.82) is 0 Å². The molecule has 3 heteroatoms. The molecule has 0 amide bonds. The summed E-state index contributed by atoms with van der Waals surface area (Å²) in [6.07, 6.45) is 5.03. The van der Waals surface area contributed by atoms with E-state index in [1.165, 1.54) is 11.8 Å². The van der Waals surface area contributed by atoms with Gasteiger partial charge in [-0.2, -0.15) is 0 Å². The second kappa shape index (κ2) is 6.75. The predicted molar refractivity (Wildman–Crippen MR) is 70.5 cm³/mol. The Morgan fingerprint density at radius 2 is 2.20 bits per heavy atom. The van der Waals surface area contributed by atoms with E-state index in [1.54, 1.807) is 6.92 Å².